The average molecular weight is 504 g/mol. The Bertz CT molecular complexity index is 1060. The molecule has 0 aliphatic heterocycles. The Hall–Kier alpha value is -4.12. The predicted molar refractivity (Wildman–Crippen MR) is 126 cm³/mol. The van der Waals surface area contributed by atoms with Gasteiger partial charge in [-0.1, -0.05) is 24.3 Å². The summed E-state index contributed by atoms with van der Waals surface area (Å²) in [6, 6.07) is 11.0. The Morgan fingerprint density at radius 2 is 1.47 bits per heavy atom. The first kappa shape index (κ1) is 28.1. The number of nitrogens with two attached hydrogens (primary N) is 1. The Morgan fingerprint density at radius 1 is 0.889 bits per heavy atom. The zero-order valence-corrected chi connectivity index (χ0v) is 20.2. The standard InChI is InChI=1S/C25H29NO10/c1-4-32-24(30)35-19-12-11-17(14-20(19)36-25(31)33-5-2)18(21(26)22(27)28)13-15(3)34-23(29)16-9-7-6-8-10-16/h6-12,14-15,18,21H,4-5,13,26H2,1-3H3,(H,27,28)/t15?,18?,21-/m1/s1. The van der Waals surface area contributed by atoms with E-state index >= 15 is 0 Å². The van der Waals surface area contributed by atoms with E-state index < -0.39 is 42.3 Å². The lowest BCUT2D eigenvalue weighted by Gasteiger charge is -2.25. The van der Waals surface area contributed by atoms with E-state index in [2.05, 4.69) is 0 Å². The second-order valence-electron chi connectivity index (χ2n) is 7.56. The minimum atomic E-state index is -1.39. The number of esters is 1. The molecule has 36 heavy (non-hydrogen) atoms. The molecule has 0 bridgehead atoms. The van der Waals surface area contributed by atoms with Crippen molar-refractivity contribution in [1.29, 1.82) is 0 Å². The van der Waals surface area contributed by atoms with Gasteiger partial charge in [0.1, 0.15) is 12.1 Å². The number of ether oxygens (including phenoxy) is 5. The van der Waals surface area contributed by atoms with Gasteiger partial charge in [-0.25, -0.2) is 14.4 Å². The lowest BCUT2D eigenvalue weighted by molar-refractivity contribution is -0.139. The van der Waals surface area contributed by atoms with Crippen LogP contribution in [0.3, 0.4) is 0 Å². The first-order chi connectivity index (χ1) is 17.2. The Labute approximate surface area is 208 Å². The lowest BCUT2D eigenvalue weighted by atomic mass is 9.87. The summed E-state index contributed by atoms with van der Waals surface area (Å²) in [7, 11) is 0. The molecule has 11 nitrogen and oxygen atoms in total. The number of carbonyl (C=O) groups is 4. The van der Waals surface area contributed by atoms with E-state index in [0.717, 1.165) is 0 Å². The van der Waals surface area contributed by atoms with Crippen LogP contribution in [-0.2, 0) is 19.0 Å². The van der Waals surface area contributed by atoms with Gasteiger partial charge in [0.2, 0.25) is 0 Å². The normalized spacial score (nSPS) is 13.0. The highest BCUT2D eigenvalue weighted by Gasteiger charge is 2.30. The highest BCUT2D eigenvalue weighted by Crippen LogP contribution is 2.35. The largest absolute Gasteiger partial charge is 0.513 e. The minimum absolute atomic E-state index is 0.0307. The second kappa shape index (κ2) is 13.7. The maximum atomic E-state index is 12.4. The van der Waals surface area contributed by atoms with E-state index in [-0.39, 0.29) is 31.1 Å². The molecule has 2 rings (SSSR count). The average Bonchev–Trinajstić information content (AvgIpc) is 2.84. The molecule has 0 aliphatic rings. The van der Waals surface area contributed by atoms with E-state index in [9.17, 15) is 24.3 Å². The van der Waals surface area contributed by atoms with Gasteiger partial charge in [-0.3, -0.25) is 4.79 Å². The van der Waals surface area contributed by atoms with E-state index in [1.54, 1.807) is 51.1 Å². The Morgan fingerprint density at radius 3 is 2.03 bits per heavy atom. The molecule has 2 unspecified atom stereocenters. The summed E-state index contributed by atoms with van der Waals surface area (Å²) in [4.78, 5) is 47.9. The molecule has 2 aromatic rings. The molecule has 0 radical (unpaired) electrons. The summed E-state index contributed by atoms with van der Waals surface area (Å²) in [5.74, 6) is -3.11. The number of hydrogen-bond donors (Lipinski definition) is 2. The van der Waals surface area contributed by atoms with Crippen LogP contribution in [0, 0.1) is 0 Å². The van der Waals surface area contributed by atoms with Crippen LogP contribution < -0.4 is 15.2 Å². The fraction of sp³-hybridized carbons (Fsp3) is 0.360. The van der Waals surface area contributed by atoms with Gasteiger partial charge in [0.05, 0.1) is 18.8 Å². The van der Waals surface area contributed by atoms with Crippen molar-refractivity contribution in [2.45, 2.75) is 45.3 Å². The van der Waals surface area contributed by atoms with Crippen molar-refractivity contribution >= 4 is 24.2 Å². The molecule has 0 amide bonds. The van der Waals surface area contributed by atoms with Crippen LogP contribution in [0.1, 0.15) is 49.0 Å². The highest BCUT2D eigenvalue weighted by molar-refractivity contribution is 5.89. The number of benzene rings is 2. The third-order valence-corrected chi connectivity index (χ3v) is 4.93. The molecular formula is C25H29NO10. The van der Waals surface area contributed by atoms with Crippen molar-refractivity contribution in [2.75, 3.05) is 13.2 Å². The third-order valence-electron chi connectivity index (χ3n) is 4.93. The van der Waals surface area contributed by atoms with Gasteiger partial charge < -0.3 is 34.5 Å². The lowest BCUT2D eigenvalue weighted by Crippen LogP contribution is -2.38. The first-order valence-corrected chi connectivity index (χ1v) is 11.2. The molecule has 0 fully saturated rings. The molecule has 3 atom stereocenters. The summed E-state index contributed by atoms with van der Waals surface area (Å²) in [6.45, 7) is 4.86. The molecule has 2 aromatic carbocycles. The van der Waals surface area contributed by atoms with E-state index in [1.165, 1.54) is 18.2 Å². The van der Waals surface area contributed by atoms with Crippen LogP contribution >= 0.6 is 0 Å². The monoisotopic (exact) mass is 503 g/mol. The molecule has 194 valence electrons. The molecule has 0 saturated carbocycles. The molecule has 0 aromatic heterocycles. The molecular weight excluding hydrogens is 474 g/mol. The Kier molecular flexibility index (Phi) is 10.7. The van der Waals surface area contributed by atoms with Crippen molar-refractivity contribution in [3.63, 3.8) is 0 Å². The second-order valence-corrected chi connectivity index (χ2v) is 7.56. The fourth-order valence-electron chi connectivity index (χ4n) is 3.29. The number of carboxylic acid groups (broad SMARTS) is 1. The van der Waals surface area contributed by atoms with Gasteiger partial charge in [0.25, 0.3) is 0 Å². The van der Waals surface area contributed by atoms with Crippen LogP contribution in [0.25, 0.3) is 0 Å². The van der Waals surface area contributed by atoms with Crippen LogP contribution in [0.4, 0.5) is 9.59 Å². The number of hydrogen-bond acceptors (Lipinski definition) is 10. The summed E-state index contributed by atoms with van der Waals surface area (Å²) in [5, 5.41) is 9.58. The number of aliphatic carboxylic acids is 1. The summed E-state index contributed by atoms with van der Waals surface area (Å²) in [6.07, 6.45) is -2.78. The van der Waals surface area contributed by atoms with Gasteiger partial charge in [0.15, 0.2) is 11.5 Å². The van der Waals surface area contributed by atoms with Crippen molar-refractivity contribution in [2.24, 2.45) is 5.73 Å². The molecule has 0 spiro atoms. The van der Waals surface area contributed by atoms with Crippen LogP contribution in [0.2, 0.25) is 0 Å². The van der Waals surface area contributed by atoms with Crippen LogP contribution in [0.5, 0.6) is 11.5 Å². The first-order valence-electron chi connectivity index (χ1n) is 11.2. The topological polar surface area (TPSA) is 161 Å². The maximum absolute atomic E-state index is 12.4. The van der Waals surface area contributed by atoms with Crippen molar-refractivity contribution in [3.05, 3.63) is 59.7 Å². The summed E-state index contributed by atoms with van der Waals surface area (Å²) in [5.41, 5.74) is 6.64. The highest BCUT2D eigenvalue weighted by atomic mass is 16.7. The van der Waals surface area contributed by atoms with Gasteiger partial charge in [-0.2, -0.15) is 0 Å². The molecule has 11 heteroatoms. The van der Waals surface area contributed by atoms with Gasteiger partial charge in [-0.15, -0.1) is 0 Å². The quantitative estimate of drug-likeness (QED) is 0.260. The van der Waals surface area contributed by atoms with Gasteiger partial charge in [-0.05, 0) is 57.0 Å². The SMILES string of the molecule is CCOC(=O)Oc1ccc(C(CC(C)OC(=O)c2ccccc2)[C@@H](N)C(=O)O)cc1OC(=O)OCC. The zero-order chi connectivity index (χ0) is 26.7. The van der Waals surface area contributed by atoms with Crippen molar-refractivity contribution in [3.8, 4) is 11.5 Å². The fourth-order valence-corrected chi connectivity index (χ4v) is 3.29. The molecule has 3 N–H and O–H groups in total. The van der Waals surface area contributed by atoms with Gasteiger partial charge in [0, 0.05) is 5.92 Å². The van der Waals surface area contributed by atoms with Gasteiger partial charge >= 0.3 is 24.2 Å². The predicted octanol–water partition coefficient (Wildman–Crippen LogP) is 3.89. The summed E-state index contributed by atoms with van der Waals surface area (Å²) >= 11 is 0. The number of rotatable bonds is 11. The number of carboxylic acids is 1. The molecule has 0 saturated heterocycles. The molecule has 0 aliphatic carbocycles. The Balaban J connectivity index is 2.34. The van der Waals surface area contributed by atoms with E-state index in [4.69, 9.17) is 29.4 Å². The van der Waals surface area contributed by atoms with Crippen molar-refractivity contribution < 1.29 is 48.0 Å². The van der Waals surface area contributed by atoms with Crippen LogP contribution in [-0.4, -0.2) is 54.7 Å². The van der Waals surface area contributed by atoms with E-state index in [1.807, 2.05) is 0 Å². The number of carbonyl (C=O) groups excluding carboxylic acids is 3. The third kappa shape index (κ3) is 8.27. The molecule has 0 heterocycles. The zero-order valence-electron chi connectivity index (χ0n) is 20.2. The van der Waals surface area contributed by atoms with E-state index in [0.29, 0.717) is 11.1 Å². The maximum Gasteiger partial charge on any atom is 0.513 e. The minimum Gasteiger partial charge on any atom is -0.480 e. The van der Waals surface area contributed by atoms with Crippen molar-refractivity contribution in [1.82, 2.24) is 0 Å². The summed E-state index contributed by atoms with van der Waals surface area (Å²) < 4.78 is 25.2. The van der Waals surface area contributed by atoms with Crippen LogP contribution in [0.15, 0.2) is 48.5 Å². The smallest absolute Gasteiger partial charge is 0.480 e.